The summed E-state index contributed by atoms with van der Waals surface area (Å²) in [5, 5.41) is 3.81. The average molecular weight is 301 g/mol. The molecule has 2 heterocycles. The number of ether oxygens (including phenoxy) is 1. The Bertz CT molecular complexity index is 760. The van der Waals surface area contributed by atoms with Gasteiger partial charge in [0.05, 0.1) is 17.7 Å². The first-order chi connectivity index (χ1) is 10.2. The number of anilines is 2. The van der Waals surface area contributed by atoms with E-state index in [0.29, 0.717) is 11.6 Å². The molecule has 0 aliphatic rings. The molecule has 0 atom stereocenters. The standard InChI is InChI=1S/C15H12FN3OS/c1-20-14-6-5-13(21-14)12-7-8-17-15(19-12)18-11-4-2-3-10(16)9-11/h2-9H,1H3,(H,17,18,19). The highest BCUT2D eigenvalue weighted by Gasteiger charge is 2.06. The fourth-order valence-electron chi connectivity index (χ4n) is 1.82. The summed E-state index contributed by atoms with van der Waals surface area (Å²) in [6.45, 7) is 0. The minimum absolute atomic E-state index is 0.306. The van der Waals surface area contributed by atoms with Gasteiger partial charge in [-0.25, -0.2) is 14.4 Å². The van der Waals surface area contributed by atoms with E-state index in [4.69, 9.17) is 4.74 Å². The molecular formula is C15H12FN3OS. The minimum Gasteiger partial charge on any atom is -0.487 e. The zero-order chi connectivity index (χ0) is 14.7. The first-order valence-corrected chi connectivity index (χ1v) is 7.06. The third-order valence-corrected chi connectivity index (χ3v) is 3.84. The molecule has 0 aliphatic heterocycles. The molecule has 2 aromatic heterocycles. The fourth-order valence-corrected chi connectivity index (χ4v) is 2.61. The molecular weight excluding hydrogens is 289 g/mol. The normalized spacial score (nSPS) is 10.4. The van der Waals surface area contributed by atoms with Gasteiger partial charge in [-0.3, -0.25) is 0 Å². The van der Waals surface area contributed by atoms with Gasteiger partial charge in [0, 0.05) is 11.9 Å². The van der Waals surface area contributed by atoms with Crippen LogP contribution >= 0.6 is 11.3 Å². The van der Waals surface area contributed by atoms with Crippen molar-refractivity contribution in [3.8, 4) is 15.6 Å². The number of halogens is 1. The van der Waals surface area contributed by atoms with Crippen LogP contribution in [0.15, 0.2) is 48.7 Å². The Morgan fingerprint density at radius 2 is 2.10 bits per heavy atom. The Hall–Kier alpha value is -2.47. The SMILES string of the molecule is COc1ccc(-c2ccnc(Nc3cccc(F)c3)n2)s1. The monoisotopic (exact) mass is 301 g/mol. The molecule has 6 heteroatoms. The smallest absolute Gasteiger partial charge is 0.227 e. The molecule has 106 valence electrons. The number of rotatable bonds is 4. The van der Waals surface area contributed by atoms with Crippen LogP contribution in [0.4, 0.5) is 16.0 Å². The molecule has 1 N–H and O–H groups in total. The summed E-state index contributed by atoms with van der Waals surface area (Å²) in [4.78, 5) is 9.55. The third kappa shape index (κ3) is 3.17. The van der Waals surface area contributed by atoms with Crippen molar-refractivity contribution in [2.45, 2.75) is 0 Å². The lowest BCUT2D eigenvalue weighted by Crippen LogP contribution is -1.97. The lowest BCUT2D eigenvalue weighted by Gasteiger charge is -2.05. The summed E-state index contributed by atoms with van der Waals surface area (Å²) in [6.07, 6.45) is 1.66. The van der Waals surface area contributed by atoms with Crippen LogP contribution in [0.2, 0.25) is 0 Å². The van der Waals surface area contributed by atoms with E-state index in [2.05, 4.69) is 15.3 Å². The summed E-state index contributed by atoms with van der Waals surface area (Å²) in [7, 11) is 1.63. The first kappa shape index (κ1) is 13.5. The van der Waals surface area contributed by atoms with Crippen LogP contribution in [-0.2, 0) is 0 Å². The molecule has 0 amide bonds. The van der Waals surface area contributed by atoms with E-state index < -0.39 is 0 Å². The highest BCUT2D eigenvalue weighted by molar-refractivity contribution is 7.17. The molecule has 0 radical (unpaired) electrons. The van der Waals surface area contributed by atoms with Crippen molar-refractivity contribution in [3.05, 3.63) is 54.5 Å². The molecule has 0 unspecified atom stereocenters. The van der Waals surface area contributed by atoms with Crippen molar-refractivity contribution >= 4 is 23.0 Å². The number of hydrogen-bond donors (Lipinski definition) is 1. The number of hydrogen-bond acceptors (Lipinski definition) is 5. The number of benzene rings is 1. The lowest BCUT2D eigenvalue weighted by atomic mass is 10.3. The summed E-state index contributed by atoms with van der Waals surface area (Å²) < 4.78 is 18.3. The van der Waals surface area contributed by atoms with Gasteiger partial charge in [0.2, 0.25) is 5.95 Å². The van der Waals surface area contributed by atoms with Gasteiger partial charge in [-0.15, -0.1) is 0 Å². The van der Waals surface area contributed by atoms with E-state index in [1.165, 1.54) is 23.5 Å². The Morgan fingerprint density at radius 1 is 1.19 bits per heavy atom. The van der Waals surface area contributed by atoms with E-state index in [1.54, 1.807) is 25.4 Å². The maximum atomic E-state index is 13.2. The second kappa shape index (κ2) is 5.88. The van der Waals surface area contributed by atoms with Crippen LogP contribution in [0.1, 0.15) is 0 Å². The Balaban J connectivity index is 1.86. The quantitative estimate of drug-likeness (QED) is 0.788. The zero-order valence-corrected chi connectivity index (χ0v) is 12.0. The summed E-state index contributed by atoms with van der Waals surface area (Å²) in [5.74, 6) is 0.115. The number of thiophene rings is 1. The molecule has 3 aromatic rings. The van der Waals surface area contributed by atoms with Crippen molar-refractivity contribution in [2.24, 2.45) is 0 Å². The number of nitrogens with one attached hydrogen (secondary N) is 1. The Kier molecular flexibility index (Phi) is 3.79. The van der Waals surface area contributed by atoms with Crippen molar-refractivity contribution in [2.75, 3.05) is 12.4 Å². The maximum absolute atomic E-state index is 13.2. The Morgan fingerprint density at radius 3 is 2.86 bits per heavy atom. The lowest BCUT2D eigenvalue weighted by molar-refractivity contribution is 0.427. The van der Waals surface area contributed by atoms with E-state index >= 15 is 0 Å². The molecule has 21 heavy (non-hydrogen) atoms. The maximum Gasteiger partial charge on any atom is 0.227 e. The van der Waals surface area contributed by atoms with E-state index in [1.807, 2.05) is 18.2 Å². The van der Waals surface area contributed by atoms with Crippen molar-refractivity contribution in [1.29, 1.82) is 0 Å². The number of aromatic nitrogens is 2. The second-order valence-corrected chi connectivity index (χ2v) is 5.27. The Labute approximate surface area is 125 Å². The summed E-state index contributed by atoms with van der Waals surface area (Å²) in [6, 6.07) is 11.8. The van der Waals surface area contributed by atoms with Crippen LogP contribution in [-0.4, -0.2) is 17.1 Å². The topological polar surface area (TPSA) is 47.0 Å². The fraction of sp³-hybridized carbons (Fsp3) is 0.0667. The molecule has 0 saturated carbocycles. The van der Waals surface area contributed by atoms with Crippen LogP contribution in [0.25, 0.3) is 10.6 Å². The van der Waals surface area contributed by atoms with Gasteiger partial charge < -0.3 is 10.1 Å². The van der Waals surface area contributed by atoms with Gasteiger partial charge in [-0.05, 0) is 36.4 Å². The van der Waals surface area contributed by atoms with E-state index in [0.717, 1.165) is 15.6 Å². The van der Waals surface area contributed by atoms with Crippen LogP contribution in [0, 0.1) is 5.82 Å². The highest BCUT2D eigenvalue weighted by atomic mass is 32.1. The number of methoxy groups -OCH3 is 1. The van der Waals surface area contributed by atoms with Crippen LogP contribution in [0.3, 0.4) is 0 Å². The van der Waals surface area contributed by atoms with Crippen molar-refractivity contribution < 1.29 is 9.13 Å². The molecule has 0 fully saturated rings. The largest absolute Gasteiger partial charge is 0.487 e. The average Bonchev–Trinajstić information content (AvgIpc) is 2.96. The van der Waals surface area contributed by atoms with Crippen LogP contribution < -0.4 is 10.1 Å². The van der Waals surface area contributed by atoms with Crippen LogP contribution in [0.5, 0.6) is 5.06 Å². The van der Waals surface area contributed by atoms with Gasteiger partial charge in [0.25, 0.3) is 0 Å². The molecule has 0 spiro atoms. The first-order valence-electron chi connectivity index (χ1n) is 6.24. The van der Waals surface area contributed by atoms with Crippen molar-refractivity contribution in [3.63, 3.8) is 0 Å². The molecule has 0 aliphatic carbocycles. The second-order valence-electron chi connectivity index (χ2n) is 4.22. The molecule has 1 aromatic carbocycles. The van der Waals surface area contributed by atoms with Gasteiger partial charge in [0.15, 0.2) is 5.06 Å². The third-order valence-electron chi connectivity index (χ3n) is 2.77. The summed E-state index contributed by atoms with van der Waals surface area (Å²) in [5.41, 5.74) is 1.40. The highest BCUT2D eigenvalue weighted by Crippen LogP contribution is 2.31. The van der Waals surface area contributed by atoms with Gasteiger partial charge in [0.1, 0.15) is 5.82 Å². The number of nitrogens with zero attached hydrogens (tertiary/aromatic N) is 2. The van der Waals surface area contributed by atoms with Gasteiger partial charge >= 0.3 is 0 Å². The molecule has 3 rings (SSSR count). The van der Waals surface area contributed by atoms with Crippen molar-refractivity contribution in [1.82, 2.24) is 9.97 Å². The predicted molar refractivity (Wildman–Crippen MR) is 81.6 cm³/mol. The van der Waals surface area contributed by atoms with Gasteiger partial charge in [-0.2, -0.15) is 0 Å². The van der Waals surface area contributed by atoms with Gasteiger partial charge in [-0.1, -0.05) is 17.4 Å². The molecule has 0 saturated heterocycles. The minimum atomic E-state index is -0.306. The summed E-state index contributed by atoms with van der Waals surface area (Å²) >= 11 is 1.50. The van der Waals surface area contributed by atoms with E-state index in [-0.39, 0.29) is 5.82 Å². The molecule has 0 bridgehead atoms. The zero-order valence-electron chi connectivity index (χ0n) is 11.2. The predicted octanol–water partition coefficient (Wildman–Crippen LogP) is 4.10. The van der Waals surface area contributed by atoms with E-state index in [9.17, 15) is 4.39 Å². The molecule has 4 nitrogen and oxygen atoms in total.